The summed E-state index contributed by atoms with van der Waals surface area (Å²) < 4.78 is 18.7. The van der Waals surface area contributed by atoms with Crippen molar-refractivity contribution in [3.8, 4) is 5.75 Å². The minimum Gasteiger partial charge on any atom is -0.494 e. The monoisotopic (exact) mass is 381 g/mol. The Labute approximate surface area is 161 Å². The number of nitrogens with zero attached hydrogens (tertiary/aromatic N) is 4. The van der Waals surface area contributed by atoms with Crippen molar-refractivity contribution in [2.24, 2.45) is 5.92 Å². The Kier molecular flexibility index (Phi) is 5.01. The highest BCUT2D eigenvalue weighted by molar-refractivity contribution is 5.92. The summed E-state index contributed by atoms with van der Waals surface area (Å²) in [5.74, 6) is -0.552. The van der Waals surface area contributed by atoms with Crippen molar-refractivity contribution in [1.82, 2.24) is 15.0 Å². The maximum atomic E-state index is 13.8. The molecule has 1 aromatic carbocycles. The van der Waals surface area contributed by atoms with Crippen molar-refractivity contribution >= 4 is 28.4 Å². The molecule has 8 heteroatoms. The first kappa shape index (κ1) is 18.1. The molecule has 3 heterocycles. The van der Waals surface area contributed by atoms with Crippen LogP contribution in [0.15, 0.2) is 42.9 Å². The number of methoxy groups -OCH3 is 1. The number of aromatic nitrogens is 3. The van der Waals surface area contributed by atoms with E-state index in [0.29, 0.717) is 24.2 Å². The zero-order valence-corrected chi connectivity index (χ0v) is 15.4. The zero-order chi connectivity index (χ0) is 19.5. The van der Waals surface area contributed by atoms with Gasteiger partial charge in [-0.2, -0.15) is 0 Å². The standard InChI is InChI=1S/C20H20FN5O2/c1-28-18-3-2-14(10-16(18)21)25-20(27)13-4-8-26(9-5-13)15-11-17-19(24-12-15)23-7-6-22-17/h2-3,6-7,10-13H,4-5,8-9H2,1H3,(H,25,27). The minimum atomic E-state index is -0.498. The fourth-order valence-electron chi connectivity index (χ4n) is 3.41. The molecule has 1 aliphatic heterocycles. The van der Waals surface area contributed by atoms with E-state index in [2.05, 4.69) is 25.2 Å². The van der Waals surface area contributed by atoms with Crippen molar-refractivity contribution in [3.05, 3.63) is 48.7 Å². The van der Waals surface area contributed by atoms with Crippen LogP contribution in [-0.4, -0.2) is 41.1 Å². The molecular weight excluding hydrogens is 361 g/mol. The van der Waals surface area contributed by atoms with Gasteiger partial charge in [-0.1, -0.05) is 0 Å². The number of carbonyl (C=O) groups excluding carboxylic acids is 1. The fourth-order valence-corrected chi connectivity index (χ4v) is 3.41. The number of benzene rings is 1. The van der Waals surface area contributed by atoms with Crippen LogP contribution < -0.4 is 15.0 Å². The number of pyridine rings is 1. The van der Waals surface area contributed by atoms with Crippen LogP contribution >= 0.6 is 0 Å². The number of anilines is 2. The lowest BCUT2D eigenvalue weighted by molar-refractivity contribution is -0.120. The fraction of sp³-hybridized carbons (Fsp3) is 0.300. The second kappa shape index (κ2) is 7.75. The second-order valence-corrected chi connectivity index (χ2v) is 6.69. The predicted octanol–water partition coefficient (Wildman–Crippen LogP) is 3.03. The van der Waals surface area contributed by atoms with Gasteiger partial charge in [0.15, 0.2) is 17.2 Å². The summed E-state index contributed by atoms with van der Waals surface area (Å²) in [6, 6.07) is 6.38. The lowest BCUT2D eigenvalue weighted by Crippen LogP contribution is -2.38. The maximum Gasteiger partial charge on any atom is 0.227 e. The van der Waals surface area contributed by atoms with Crippen LogP contribution in [0.4, 0.5) is 15.8 Å². The normalized spacial score (nSPS) is 14.9. The summed E-state index contributed by atoms with van der Waals surface area (Å²) in [5.41, 5.74) is 2.78. The van der Waals surface area contributed by atoms with Crippen molar-refractivity contribution < 1.29 is 13.9 Å². The van der Waals surface area contributed by atoms with Gasteiger partial charge >= 0.3 is 0 Å². The summed E-state index contributed by atoms with van der Waals surface area (Å²) in [6.45, 7) is 1.48. The van der Waals surface area contributed by atoms with Crippen LogP contribution in [0.3, 0.4) is 0 Å². The molecule has 1 amide bonds. The lowest BCUT2D eigenvalue weighted by Gasteiger charge is -2.32. The number of piperidine rings is 1. The molecule has 0 saturated carbocycles. The van der Waals surface area contributed by atoms with Gasteiger partial charge in [0.1, 0.15) is 5.52 Å². The Hall–Kier alpha value is -3.29. The molecule has 1 aliphatic rings. The molecule has 4 rings (SSSR count). The molecule has 0 atom stereocenters. The van der Waals surface area contributed by atoms with E-state index in [0.717, 1.165) is 24.3 Å². The van der Waals surface area contributed by atoms with Gasteiger partial charge in [0, 0.05) is 43.2 Å². The molecule has 0 spiro atoms. The largest absolute Gasteiger partial charge is 0.494 e. The third-order valence-corrected chi connectivity index (χ3v) is 4.96. The summed E-state index contributed by atoms with van der Waals surface area (Å²) >= 11 is 0. The molecule has 1 fully saturated rings. The Morgan fingerprint density at radius 2 is 1.96 bits per heavy atom. The van der Waals surface area contributed by atoms with E-state index in [4.69, 9.17) is 4.74 Å². The number of nitrogens with one attached hydrogen (secondary N) is 1. The first-order valence-electron chi connectivity index (χ1n) is 9.10. The molecule has 0 bridgehead atoms. The number of amides is 1. The first-order valence-corrected chi connectivity index (χ1v) is 9.10. The predicted molar refractivity (Wildman–Crippen MR) is 104 cm³/mol. The number of ether oxygens (including phenoxy) is 1. The van der Waals surface area contributed by atoms with Gasteiger partial charge in [0.25, 0.3) is 0 Å². The van der Waals surface area contributed by atoms with Gasteiger partial charge in [-0.25, -0.2) is 14.4 Å². The highest BCUT2D eigenvalue weighted by Gasteiger charge is 2.25. The van der Waals surface area contributed by atoms with Crippen LogP contribution in [0.1, 0.15) is 12.8 Å². The molecule has 7 nitrogen and oxygen atoms in total. The van der Waals surface area contributed by atoms with E-state index in [1.165, 1.54) is 19.2 Å². The number of carbonyl (C=O) groups is 1. The molecule has 1 N–H and O–H groups in total. The topological polar surface area (TPSA) is 80.2 Å². The van der Waals surface area contributed by atoms with Gasteiger partial charge < -0.3 is 15.0 Å². The highest BCUT2D eigenvalue weighted by atomic mass is 19.1. The molecule has 28 heavy (non-hydrogen) atoms. The Balaban J connectivity index is 1.37. The summed E-state index contributed by atoms with van der Waals surface area (Å²) in [6.07, 6.45) is 6.48. The van der Waals surface area contributed by atoms with E-state index in [1.807, 2.05) is 6.07 Å². The van der Waals surface area contributed by atoms with E-state index in [-0.39, 0.29) is 17.6 Å². The Bertz CT molecular complexity index is 1000. The van der Waals surface area contributed by atoms with E-state index < -0.39 is 5.82 Å². The molecule has 144 valence electrons. The number of hydrogen-bond donors (Lipinski definition) is 1. The van der Waals surface area contributed by atoms with E-state index in [9.17, 15) is 9.18 Å². The smallest absolute Gasteiger partial charge is 0.227 e. The average molecular weight is 381 g/mol. The number of rotatable bonds is 4. The van der Waals surface area contributed by atoms with E-state index >= 15 is 0 Å². The quantitative estimate of drug-likeness (QED) is 0.748. The average Bonchev–Trinajstić information content (AvgIpc) is 2.73. The van der Waals surface area contributed by atoms with Gasteiger partial charge in [-0.05, 0) is 31.0 Å². The molecule has 0 aliphatic carbocycles. The summed E-state index contributed by atoms with van der Waals surface area (Å²) in [7, 11) is 1.40. The van der Waals surface area contributed by atoms with E-state index in [1.54, 1.807) is 24.7 Å². The number of halogens is 1. The Morgan fingerprint density at radius 3 is 2.71 bits per heavy atom. The van der Waals surface area contributed by atoms with Crippen molar-refractivity contribution in [3.63, 3.8) is 0 Å². The molecular formula is C20H20FN5O2. The zero-order valence-electron chi connectivity index (χ0n) is 15.4. The van der Waals surface area contributed by atoms with Gasteiger partial charge in [-0.15, -0.1) is 0 Å². The van der Waals surface area contributed by atoms with Crippen LogP contribution in [0, 0.1) is 11.7 Å². The van der Waals surface area contributed by atoms with Gasteiger partial charge in [-0.3, -0.25) is 9.78 Å². The maximum absolute atomic E-state index is 13.8. The minimum absolute atomic E-state index is 0.0910. The van der Waals surface area contributed by atoms with Crippen LogP contribution in [0.2, 0.25) is 0 Å². The van der Waals surface area contributed by atoms with Crippen LogP contribution in [0.5, 0.6) is 5.75 Å². The SMILES string of the molecule is COc1ccc(NC(=O)C2CCN(c3cnc4nccnc4c3)CC2)cc1F. The Morgan fingerprint density at radius 1 is 1.18 bits per heavy atom. The summed E-state index contributed by atoms with van der Waals surface area (Å²) in [4.78, 5) is 27.5. The second-order valence-electron chi connectivity index (χ2n) is 6.69. The van der Waals surface area contributed by atoms with Gasteiger partial charge in [0.2, 0.25) is 5.91 Å². The van der Waals surface area contributed by atoms with Crippen molar-refractivity contribution in [2.45, 2.75) is 12.8 Å². The highest BCUT2D eigenvalue weighted by Crippen LogP contribution is 2.26. The molecule has 2 aromatic heterocycles. The van der Waals surface area contributed by atoms with Crippen molar-refractivity contribution in [2.75, 3.05) is 30.4 Å². The molecule has 0 unspecified atom stereocenters. The third kappa shape index (κ3) is 3.71. The number of fused-ring (bicyclic) bond motifs is 1. The van der Waals surface area contributed by atoms with Gasteiger partial charge in [0.05, 0.1) is 19.0 Å². The third-order valence-electron chi connectivity index (χ3n) is 4.96. The van der Waals surface area contributed by atoms with Crippen LogP contribution in [-0.2, 0) is 4.79 Å². The lowest BCUT2D eigenvalue weighted by atomic mass is 9.95. The molecule has 3 aromatic rings. The summed E-state index contributed by atoms with van der Waals surface area (Å²) in [5, 5.41) is 2.80. The van der Waals surface area contributed by atoms with Crippen molar-refractivity contribution in [1.29, 1.82) is 0 Å². The van der Waals surface area contributed by atoms with Crippen LogP contribution in [0.25, 0.3) is 11.2 Å². The molecule has 0 radical (unpaired) electrons. The molecule has 1 saturated heterocycles. The first-order chi connectivity index (χ1) is 13.6. The number of hydrogen-bond acceptors (Lipinski definition) is 6.